The van der Waals surface area contributed by atoms with Crippen molar-refractivity contribution in [2.75, 3.05) is 26.7 Å². The number of nitrogens with two attached hydrogens (primary N) is 1. The van der Waals surface area contributed by atoms with E-state index in [4.69, 9.17) is 14.6 Å². The number of aliphatic imine (C=N–C) groups is 1. The van der Waals surface area contributed by atoms with Crippen molar-refractivity contribution < 1.29 is 17.9 Å². The molecule has 0 fully saturated rings. The normalized spacial score (nSPS) is 12.9. The van der Waals surface area contributed by atoms with Gasteiger partial charge in [0.1, 0.15) is 6.10 Å². The SMILES string of the molecule is CCNC(=NCC(C)Oc1ccccc1OC)NCCc1ccc(S(N)(=O)=O)cc1. The van der Waals surface area contributed by atoms with Crippen molar-refractivity contribution in [2.24, 2.45) is 10.1 Å². The first-order chi connectivity index (χ1) is 14.3. The van der Waals surface area contributed by atoms with E-state index in [0.29, 0.717) is 37.0 Å². The summed E-state index contributed by atoms with van der Waals surface area (Å²) in [5.74, 6) is 2.06. The fourth-order valence-electron chi connectivity index (χ4n) is 2.70. The standard InChI is InChI=1S/C21H30N4O4S/c1-4-23-21(24-14-13-17-9-11-18(12-10-17)30(22,26)27)25-15-16(2)29-20-8-6-5-7-19(20)28-3/h5-12,16H,4,13-15H2,1-3H3,(H2,22,26,27)(H2,23,24,25). The van der Waals surface area contributed by atoms with Crippen LogP contribution in [0.4, 0.5) is 0 Å². The van der Waals surface area contributed by atoms with E-state index in [1.165, 1.54) is 12.1 Å². The molecule has 0 radical (unpaired) electrons. The van der Waals surface area contributed by atoms with E-state index in [-0.39, 0.29) is 11.0 Å². The molecule has 2 aromatic rings. The first kappa shape index (κ1) is 23.5. The summed E-state index contributed by atoms with van der Waals surface area (Å²) in [5, 5.41) is 11.6. The fourth-order valence-corrected chi connectivity index (χ4v) is 3.22. The van der Waals surface area contributed by atoms with Crippen LogP contribution < -0.4 is 25.2 Å². The summed E-state index contributed by atoms with van der Waals surface area (Å²) in [6, 6.07) is 14.1. The molecule has 0 saturated heterocycles. The molecule has 0 amide bonds. The lowest BCUT2D eigenvalue weighted by Crippen LogP contribution is -2.39. The Kier molecular flexibility index (Phi) is 8.94. The molecule has 2 aromatic carbocycles. The minimum absolute atomic E-state index is 0.109. The maximum Gasteiger partial charge on any atom is 0.238 e. The number of para-hydroxylation sites is 2. The summed E-state index contributed by atoms with van der Waals surface area (Å²) < 4.78 is 33.9. The van der Waals surface area contributed by atoms with Gasteiger partial charge in [0.15, 0.2) is 17.5 Å². The highest BCUT2D eigenvalue weighted by atomic mass is 32.2. The van der Waals surface area contributed by atoms with Crippen LogP contribution in [0.1, 0.15) is 19.4 Å². The Labute approximate surface area is 178 Å². The molecule has 0 aromatic heterocycles. The molecular weight excluding hydrogens is 404 g/mol. The number of nitrogens with zero attached hydrogens (tertiary/aromatic N) is 1. The average Bonchev–Trinajstić information content (AvgIpc) is 2.72. The van der Waals surface area contributed by atoms with Crippen molar-refractivity contribution in [3.63, 3.8) is 0 Å². The molecule has 0 heterocycles. The summed E-state index contributed by atoms with van der Waals surface area (Å²) in [7, 11) is -2.06. The number of ether oxygens (including phenoxy) is 2. The fraction of sp³-hybridized carbons (Fsp3) is 0.381. The third kappa shape index (κ3) is 7.57. The van der Waals surface area contributed by atoms with E-state index in [1.54, 1.807) is 19.2 Å². The molecule has 1 atom stereocenters. The summed E-state index contributed by atoms with van der Waals surface area (Å²) in [6.07, 6.45) is 0.574. The summed E-state index contributed by atoms with van der Waals surface area (Å²) in [6.45, 7) is 5.79. The molecule has 0 bridgehead atoms. The number of methoxy groups -OCH3 is 1. The number of nitrogens with one attached hydrogen (secondary N) is 2. The molecule has 0 aliphatic rings. The van der Waals surface area contributed by atoms with Crippen molar-refractivity contribution in [3.8, 4) is 11.5 Å². The zero-order chi connectivity index (χ0) is 22.0. The molecule has 0 aliphatic heterocycles. The van der Waals surface area contributed by atoms with E-state index in [1.807, 2.05) is 38.1 Å². The Hall–Kier alpha value is -2.78. The van der Waals surface area contributed by atoms with E-state index in [0.717, 1.165) is 12.1 Å². The van der Waals surface area contributed by atoms with Crippen LogP contribution in [0.2, 0.25) is 0 Å². The van der Waals surface area contributed by atoms with Crippen molar-refractivity contribution in [1.29, 1.82) is 0 Å². The maximum absolute atomic E-state index is 11.3. The molecule has 8 nitrogen and oxygen atoms in total. The summed E-state index contributed by atoms with van der Waals surface area (Å²) >= 11 is 0. The van der Waals surface area contributed by atoms with Gasteiger partial charge in [0, 0.05) is 13.1 Å². The predicted molar refractivity (Wildman–Crippen MR) is 119 cm³/mol. The van der Waals surface area contributed by atoms with Gasteiger partial charge < -0.3 is 20.1 Å². The first-order valence-corrected chi connectivity index (χ1v) is 11.3. The largest absolute Gasteiger partial charge is 0.493 e. The van der Waals surface area contributed by atoms with Crippen LogP contribution in [-0.2, 0) is 16.4 Å². The minimum atomic E-state index is -3.67. The summed E-state index contributed by atoms with van der Waals surface area (Å²) in [5.41, 5.74) is 0.999. The lowest BCUT2D eigenvalue weighted by Gasteiger charge is -2.16. The lowest BCUT2D eigenvalue weighted by atomic mass is 10.1. The van der Waals surface area contributed by atoms with Gasteiger partial charge in [-0.15, -0.1) is 0 Å². The van der Waals surface area contributed by atoms with E-state index < -0.39 is 10.0 Å². The number of guanidine groups is 1. The number of benzene rings is 2. The zero-order valence-corrected chi connectivity index (χ0v) is 18.4. The highest BCUT2D eigenvalue weighted by Gasteiger charge is 2.09. The Balaban J connectivity index is 1.87. The average molecular weight is 435 g/mol. The van der Waals surface area contributed by atoms with Crippen LogP contribution in [0, 0.1) is 0 Å². The Bertz CT molecular complexity index is 930. The van der Waals surface area contributed by atoms with Gasteiger partial charge >= 0.3 is 0 Å². The topological polar surface area (TPSA) is 115 Å². The Morgan fingerprint density at radius 2 is 1.77 bits per heavy atom. The molecule has 0 spiro atoms. The molecule has 2 rings (SSSR count). The van der Waals surface area contributed by atoms with E-state index in [2.05, 4.69) is 15.6 Å². The maximum atomic E-state index is 11.3. The quantitative estimate of drug-likeness (QED) is 0.389. The van der Waals surface area contributed by atoms with Gasteiger partial charge in [-0.25, -0.2) is 18.5 Å². The van der Waals surface area contributed by atoms with Crippen LogP contribution in [0.3, 0.4) is 0 Å². The second kappa shape index (κ2) is 11.4. The number of hydrogen-bond donors (Lipinski definition) is 3. The molecular formula is C21H30N4O4S. The third-order valence-corrected chi connectivity index (χ3v) is 5.14. The smallest absolute Gasteiger partial charge is 0.238 e. The number of sulfonamides is 1. The Morgan fingerprint density at radius 1 is 1.10 bits per heavy atom. The molecule has 30 heavy (non-hydrogen) atoms. The molecule has 9 heteroatoms. The van der Waals surface area contributed by atoms with Gasteiger partial charge in [-0.2, -0.15) is 0 Å². The van der Waals surface area contributed by atoms with Gasteiger partial charge in [0.2, 0.25) is 10.0 Å². The van der Waals surface area contributed by atoms with Gasteiger partial charge in [0.25, 0.3) is 0 Å². The van der Waals surface area contributed by atoms with Crippen LogP contribution in [-0.4, -0.2) is 47.2 Å². The van der Waals surface area contributed by atoms with Crippen molar-refractivity contribution >= 4 is 16.0 Å². The molecule has 1 unspecified atom stereocenters. The monoisotopic (exact) mass is 434 g/mol. The molecule has 0 aliphatic carbocycles. The third-order valence-electron chi connectivity index (χ3n) is 4.21. The highest BCUT2D eigenvalue weighted by Crippen LogP contribution is 2.26. The minimum Gasteiger partial charge on any atom is -0.493 e. The van der Waals surface area contributed by atoms with Gasteiger partial charge in [0.05, 0.1) is 18.6 Å². The number of hydrogen-bond acceptors (Lipinski definition) is 5. The van der Waals surface area contributed by atoms with E-state index >= 15 is 0 Å². The molecule has 0 saturated carbocycles. The summed E-state index contributed by atoms with van der Waals surface area (Å²) in [4.78, 5) is 4.68. The van der Waals surface area contributed by atoms with Crippen molar-refractivity contribution in [1.82, 2.24) is 10.6 Å². The second-order valence-corrected chi connectivity index (χ2v) is 8.23. The number of rotatable bonds is 10. The van der Waals surface area contributed by atoms with Crippen LogP contribution in [0.25, 0.3) is 0 Å². The lowest BCUT2D eigenvalue weighted by molar-refractivity contribution is 0.219. The van der Waals surface area contributed by atoms with Crippen LogP contribution in [0.5, 0.6) is 11.5 Å². The second-order valence-electron chi connectivity index (χ2n) is 6.66. The number of primary sulfonamides is 1. The molecule has 164 valence electrons. The zero-order valence-electron chi connectivity index (χ0n) is 17.6. The highest BCUT2D eigenvalue weighted by molar-refractivity contribution is 7.89. The van der Waals surface area contributed by atoms with Crippen molar-refractivity contribution in [2.45, 2.75) is 31.3 Å². The first-order valence-electron chi connectivity index (χ1n) is 9.77. The van der Waals surface area contributed by atoms with E-state index in [9.17, 15) is 8.42 Å². The Morgan fingerprint density at radius 3 is 2.37 bits per heavy atom. The van der Waals surface area contributed by atoms with Gasteiger partial charge in [-0.1, -0.05) is 24.3 Å². The van der Waals surface area contributed by atoms with Gasteiger partial charge in [-0.3, -0.25) is 0 Å². The van der Waals surface area contributed by atoms with Crippen LogP contribution in [0.15, 0.2) is 58.4 Å². The van der Waals surface area contributed by atoms with Gasteiger partial charge in [-0.05, 0) is 50.1 Å². The molecule has 4 N–H and O–H groups in total. The van der Waals surface area contributed by atoms with Crippen LogP contribution >= 0.6 is 0 Å². The predicted octanol–water partition coefficient (Wildman–Crippen LogP) is 1.91. The van der Waals surface area contributed by atoms with Crippen molar-refractivity contribution in [3.05, 3.63) is 54.1 Å².